The van der Waals surface area contributed by atoms with E-state index in [-0.39, 0.29) is 16.3 Å². The number of pyridine rings is 1. The van der Waals surface area contributed by atoms with Gasteiger partial charge in [0.1, 0.15) is 5.75 Å². The number of carbonyl (C=O) groups is 1. The Bertz CT molecular complexity index is 991. The third kappa shape index (κ3) is 3.36. The zero-order valence-corrected chi connectivity index (χ0v) is 13.8. The van der Waals surface area contributed by atoms with Gasteiger partial charge in [0.15, 0.2) is 0 Å². The van der Waals surface area contributed by atoms with Crippen LogP contribution in [-0.4, -0.2) is 22.9 Å². The van der Waals surface area contributed by atoms with Gasteiger partial charge in [0.05, 0.1) is 33.8 Å². The molecule has 0 unspecified atom stereocenters. The molecule has 7 nitrogen and oxygen atoms in total. The molecule has 0 bridgehead atoms. The smallest absolute Gasteiger partial charge is 0.270 e. The number of benzene rings is 2. The lowest BCUT2D eigenvalue weighted by molar-refractivity contribution is -0.384. The number of amides is 1. The van der Waals surface area contributed by atoms with Crippen LogP contribution in [0.4, 0.5) is 11.4 Å². The van der Waals surface area contributed by atoms with Crippen LogP contribution in [0.1, 0.15) is 10.4 Å². The van der Waals surface area contributed by atoms with Gasteiger partial charge in [-0.2, -0.15) is 0 Å². The van der Waals surface area contributed by atoms with Crippen molar-refractivity contribution in [3.8, 4) is 5.75 Å². The summed E-state index contributed by atoms with van der Waals surface area (Å²) in [4.78, 5) is 27.1. The van der Waals surface area contributed by atoms with E-state index in [1.54, 1.807) is 37.6 Å². The SMILES string of the molecule is COc1ccc2nccc(NC(=O)c3cc([N+](=O)[O-])ccc3Cl)c2c1. The van der Waals surface area contributed by atoms with Gasteiger partial charge in [0.2, 0.25) is 0 Å². The largest absolute Gasteiger partial charge is 0.497 e. The lowest BCUT2D eigenvalue weighted by atomic mass is 10.1. The van der Waals surface area contributed by atoms with Crippen LogP contribution in [0.15, 0.2) is 48.7 Å². The molecular weight excluding hydrogens is 346 g/mol. The maximum Gasteiger partial charge on any atom is 0.270 e. The summed E-state index contributed by atoms with van der Waals surface area (Å²) in [6.07, 6.45) is 1.56. The minimum absolute atomic E-state index is 0.0173. The molecule has 1 amide bonds. The number of rotatable bonds is 4. The maximum atomic E-state index is 12.5. The molecule has 0 atom stereocenters. The van der Waals surface area contributed by atoms with Crippen LogP contribution in [0.5, 0.6) is 5.75 Å². The number of hydrogen-bond acceptors (Lipinski definition) is 5. The Labute approximate surface area is 147 Å². The fourth-order valence-electron chi connectivity index (χ4n) is 2.35. The summed E-state index contributed by atoms with van der Waals surface area (Å²) >= 11 is 6.01. The van der Waals surface area contributed by atoms with Crippen LogP contribution in [0.25, 0.3) is 10.9 Å². The molecule has 1 aromatic heterocycles. The Hall–Kier alpha value is -3.19. The first-order valence-corrected chi connectivity index (χ1v) is 7.55. The number of nitro groups is 1. The monoisotopic (exact) mass is 357 g/mol. The van der Waals surface area contributed by atoms with Crippen LogP contribution in [0.2, 0.25) is 5.02 Å². The quantitative estimate of drug-likeness (QED) is 0.561. The normalized spacial score (nSPS) is 10.5. The summed E-state index contributed by atoms with van der Waals surface area (Å²) < 4.78 is 5.19. The van der Waals surface area contributed by atoms with E-state index in [0.29, 0.717) is 22.3 Å². The molecule has 0 saturated heterocycles. The van der Waals surface area contributed by atoms with E-state index in [0.717, 1.165) is 6.07 Å². The number of nitrogens with zero attached hydrogens (tertiary/aromatic N) is 2. The van der Waals surface area contributed by atoms with E-state index in [9.17, 15) is 14.9 Å². The average molecular weight is 358 g/mol. The summed E-state index contributed by atoms with van der Waals surface area (Å²) in [5.74, 6) is 0.0633. The Morgan fingerprint density at radius 1 is 1.24 bits per heavy atom. The van der Waals surface area contributed by atoms with E-state index in [1.807, 2.05) is 0 Å². The molecule has 0 fully saturated rings. The highest BCUT2D eigenvalue weighted by molar-refractivity contribution is 6.34. The summed E-state index contributed by atoms with van der Waals surface area (Å²) in [5, 5.41) is 14.4. The zero-order valence-electron chi connectivity index (χ0n) is 13.0. The number of ether oxygens (including phenoxy) is 1. The van der Waals surface area contributed by atoms with Gasteiger partial charge in [0.25, 0.3) is 11.6 Å². The predicted molar refractivity (Wildman–Crippen MR) is 94.4 cm³/mol. The highest BCUT2D eigenvalue weighted by Gasteiger charge is 2.17. The van der Waals surface area contributed by atoms with Gasteiger partial charge in [-0.3, -0.25) is 19.9 Å². The highest BCUT2D eigenvalue weighted by atomic mass is 35.5. The molecule has 0 aliphatic rings. The second-order valence-electron chi connectivity index (χ2n) is 5.12. The van der Waals surface area contributed by atoms with Crippen molar-refractivity contribution < 1.29 is 14.5 Å². The van der Waals surface area contributed by atoms with Crippen molar-refractivity contribution in [3.63, 3.8) is 0 Å². The zero-order chi connectivity index (χ0) is 18.0. The molecule has 8 heteroatoms. The van der Waals surface area contributed by atoms with Crippen molar-refractivity contribution in [1.29, 1.82) is 0 Å². The minimum atomic E-state index is -0.584. The molecule has 2 aromatic carbocycles. The lowest BCUT2D eigenvalue weighted by Crippen LogP contribution is -2.13. The van der Waals surface area contributed by atoms with Gasteiger partial charge in [-0.15, -0.1) is 0 Å². The first-order chi connectivity index (χ1) is 12.0. The highest BCUT2D eigenvalue weighted by Crippen LogP contribution is 2.28. The van der Waals surface area contributed by atoms with Crippen molar-refractivity contribution in [3.05, 3.63) is 69.4 Å². The maximum absolute atomic E-state index is 12.5. The average Bonchev–Trinajstić information content (AvgIpc) is 2.61. The molecule has 1 N–H and O–H groups in total. The van der Waals surface area contributed by atoms with Crippen molar-refractivity contribution >= 4 is 39.8 Å². The number of anilines is 1. The molecule has 3 aromatic rings. The summed E-state index contributed by atoms with van der Waals surface area (Å²) in [7, 11) is 1.54. The van der Waals surface area contributed by atoms with Crippen LogP contribution in [-0.2, 0) is 0 Å². The van der Waals surface area contributed by atoms with E-state index >= 15 is 0 Å². The first-order valence-electron chi connectivity index (χ1n) is 7.17. The molecular formula is C17H12ClN3O4. The van der Waals surface area contributed by atoms with Crippen molar-refractivity contribution in [2.75, 3.05) is 12.4 Å². The number of halogens is 1. The molecule has 3 rings (SSSR count). The number of fused-ring (bicyclic) bond motifs is 1. The number of methoxy groups -OCH3 is 1. The number of hydrogen-bond donors (Lipinski definition) is 1. The Morgan fingerprint density at radius 2 is 2.04 bits per heavy atom. The van der Waals surface area contributed by atoms with E-state index in [1.165, 1.54) is 12.1 Å². The Balaban J connectivity index is 2.00. The molecule has 1 heterocycles. The van der Waals surface area contributed by atoms with Crippen molar-refractivity contribution in [1.82, 2.24) is 4.98 Å². The molecule has 0 radical (unpaired) electrons. The van der Waals surface area contributed by atoms with Gasteiger partial charge in [-0.05, 0) is 30.3 Å². The number of nitrogens with one attached hydrogen (secondary N) is 1. The van der Waals surface area contributed by atoms with Gasteiger partial charge in [-0.1, -0.05) is 11.6 Å². The van der Waals surface area contributed by atoms with Gasteiger partial charge in [-0.25, -0.2) is 0 Å². The second kappa shape index (κ2) is 6.74. The minimum Gasteiger partial charge on any atom is -0.497 e. The lowest BCUT2D eigenvalue weighted by Gasteiger charge is -2.10. The summed E-state index contributed by atoms with van der Waals surface area (Å²) in [5.41, 5.74) is 0.972. The standard InChI is InChI=1S/C17H12ClN3O4/c1-25-11-3-5-15-13(9-11)16(6-7-19-15)20-17(22)12-8-10(21(23)24)2-4-14(12)18/h2-9H,1H3,(H,19,20,22). The molecule has 0 aliphatic carbocycles. The Kier molecular flexibility index (Phi) is 4.49. The summed E-state index contributed by atoms with van der Waals surface area (Å²) in [6.45, 7) is 0. The van der Waals surface area contributed by atoms with E-state index < -0.39 is 10.8 Å². The number of carbonyl (C=O) groups excluding carboxylic acids is 1. The second-order valence-corrected chi connectivity index (χ2v) is 5.52. The first kappa shape index (κ1) is 16.7. The van der Waals surface area contributed by atoms with Crippen molar-refractivity contribution in [2.45, 2.75) is 0 Å². The molecule has 25 heavy (non-hydrogen) atoms. The van der Waals surface area contributed by atoms with E-state index in [4.69, 9.17) is 16.3 Å². The summed E-state index contributed by atoms with van der Waals surface area (Å²) in [6, 6.07) is 10.6. The number of non-ortho nitro benzene ring substituents is 1. The van der Waals surface area contributed by atoms with Crippen molar-refractivity contribution in [2.24, 2.45) is 0 Å². The third-order valence-corrected chi connectivity index (χ3v) is 3.93. The van der Waals surface area contributed by atoms with Gasteiger partial charge < -0.3 is 10.1 Å². The number of aromatic nitrogens is 1. The van der Waals surface area contributed by atoms with Crippen LogP contribution in [0.3, 0.4) is 0 Å². The molecule has 126 valence electrons. The van der Waals surface area contributed by atoms with Crippen LogP contribution < -0.4 is 10.1 Å². The van der Waals surface area contributed by atoms with Crippen LogP contribution >= 0.6 is 11.6 Å². The molecule has 0 saturated carbocycles. The molecule has 0 aliphatic heterocycles. The van der Waals surface area contributed by atoms with Gasteiger partial charge in [0, 0.05) is 23.7 Å². The Morgan fingerprint density at radius 3 is 2.76 bits per heavy atom. The topological polar surface area (TPSA) is 94.4 Å². The fraction of sp³-hybridized carbons (Fsp3) is 0.0588. The fourth-order valence-corrected chi connectivity index (χ4v) is 2.56. The third-order valence-electron chi connectivity index (χ3n) is 3.60. The predicted octanol–water partition coefficient (Wildman–Crippen LogP) is 4.06. The van der Waals surface area contributed by atoms with Gasteiger partial charge >= 0.3 is 0 Å². The van der Waals surface area contributed by atoms with E-state index in [2.05, 4.69) is 10.3 Å². The number of nitro benzene ring substituents is 1. The van der Waals surface area contributed by atoms with Crippen LogP contribution in [0, 0.1) is 10.1 Å². The molecule has 0 spiro atoms.